The average Bonchev–Trinajstić information content (AvgIpc) is 2.45. The fraction of sp³-hybridized carbons (Fsp3) is 0.133. The van der Waals surface area contributed by atoms with Crippen molar-refractivity contribution in [2.45, 2.75) is 10.8 Å². The van der Waals surface area contributed by atoms with Gasteiger partial charge in [0.25, 0.3) is 0 Å². The van der Waals surface area contributed by atoms with E-state index in [0.717, 1.165) is 4.47 Å². The molecule has 0 aliphatic heterocycles. The van der Waals surface area contributed by atoms with Crippen molar-refractivity contribution in [3.05, 3.63) is 64.6 Å². The summed E-state index contributed by atoms with van der Waals surface area (Å²) in [6, 6.07) is 16.0. The van der Waals surface area contributed by atoms with Gasteiger partial charge in [0.05, 0.1) is 16.7 Å². The van der Waals surface area contributed by atoms with E-state index in [1.54, 1.807) is 42.5 Å². The molecule has 2 unspecified atom stereocenters. The van der Waals surface area contributed by atoms with E-state index in [1.807, 2.05) is 12.1 Å². The third kappa shape index (κ3) is 3.77. The lowest BCUT2D eigenvalue weighted by Crippen LogP contribution is -2.18. The maximum atomic E-state index is 12.3. The fourth-order valence-corrected chi connectivity index (χ4v) is 3.72. The second-order valence-corrected chi connectivity index (χ2v) is 6.68. The summed E-state index contributed by atoms with van der Waals surface area (Å²) in [6.07, 6.45) is 0. The third-order valence-electron chi connectivity index (χ3n) is 2.88. The fourth-order valence-electron chi connectivity index (χ4n) is 1.85. The van der Waals surface area contributed by atoms with Gasteiger partial charge in [-0.2, -0.15) is 0 Å². The summed E-state index contributed by atoms with van der Waals surface area (Å²) in [7, 11) is -1.36. The average molecular weight is 353 g/mol. The van der Waals surface area contributed by atoms with Crippen LogP contribution in [0, 0.1) is 0 Å². The van der Waals surface area contributed by atoms with E-state index < -0.39 is 22.7 Å². The first kappa shape index (κ1) is 14.9. The van der Waals surface area contributed by atoms with Crippen molar-refractivity contribution in [2.75, 3.05) is 5.75 Å². The number of hydrogen-bond acceptors (Lipinski definition) is 2. The molecule has 5 heteroatoms. The van der Waals surface area contributed by atoms with Gasteiger partial charge >= 0.3 is 5.97 Å². The summed E-state index contributed by atoms with van der Waals surface area (Å²) in [5, 5.41) is 9.33. The van der Waals surface area contributed by atoms with Crippen molar-refractivity contribution >= 4 is 32.7 Å². The van der Waals surface area contributed by atoms with Crippen LogP contribution >= 0.6 is 15.9 Å². The van der Waals surface area contributed by atoms with Crippen LogP contribution < -0.4 is 0 Å². The normalized spacial score (nSPS) is 13.7. The number of carboxylic acids is 1. The van der Waals surface area contributed by atoms with Gasteiger partial charge in [-0.3, -0.25) is 9.00 Å². The van der Waals surface area contributed by atoms with Crippen LogP contribution in [0.1, 0.15) is 11.5 Å². The molecule has 104 valence electrons. The molecule has 0 radical (unpaired) electrons. The van der Waals surface area contributed by atoms with Crippen molar-refractivity contribution in [3.63, 3.8) is 0 Å². The van der Waals surface area contributed by atoms with Crippen LogP contribution in [0.4, 0.5) is 0 Å². The van der Waals surface area contributed by atoms with Crippen molar-refractivity contribution < 1.29 is 14.1 Å². The van der Waals surface area contributed by atoms with Crippen molar-refractivity contribution in [2.24, 2.45) is 0 Å². The molecular weight excluding hydrogens is 340 g/mol. The molecule has 2 aromatic rings. The number of aliphatic carboxylic acids is 1. The predicted molar refractivity (Wildman–Crippen MR) is 82.2 cm³/mol. The molecule has 0 aliphatic carbocycles. The number of hydrogen-bond donors (Lipinski definition) is 1. The Bertz CT molecular complexity index is 628. The Kier molecular flexibility index (Phi) is 5.09. The van der Waals surface area contributed by atoms with E-state index in [2.05, 4.69) is 15.9 Å². The zero-order chi connectivity index (χ0) is 14.5. The molecule has 0 bridgehead atoms. The molecule has 0 fully saturated rings. The lowest BCUT2D eigenvalue weighted by molar-refractivity contribution is -0.138. The Morgan fingerprint density at radius 2 is 1.85 bits per heavy atom. The van der Waals surface area contributed by atoms with Gasteiger partial charge in [-0.15, -0.1) is 0 Å². The number of carboxylic acid groups (broad SMARTS) is 1. The smallest absolute Gasteiger partial charge is 0.311 e. The van der Waals surface area contributed by atoms with E-state index in [9.17, 15) is 14.1 Å². The maximum Gasteiger partial charge on any atom is 0.311 e. The van der Waals surface area contributed by atoms with E-state index in [-0.39, 0.29) is 5.75 Å². The van der Waals surface area contributed by atoms with E-state index in [0.29, 0.717) is 10.5 Å². The quantitative estimate of drug-likeness (QED) is 0.896. The molecule has 3 nitrogen and oxygen atoms in total. The van der Waals surface area contributed by atoms with Gasteiger partial charge in [0.15, 0.2) is 0 Å². The molecule has 2 atom stereocenters. The zero-order valence-corrected chi connectivity index (χ0v) is 12.9. The van der Waals surface area contributed by atoms with Crippen LogP contribution in [-0.2, 0) is 15.6 Å². The lowest BCUT2D eigenvalue weighted by Gasteiger charge is -2.12. The molecule has 1 N–H and O–H groups in total. The highest BCUT2D eigenvalue weighted by Crippen LogP contribution is 2.21. The topological polar surface area (TPSA) is 54.4 Å². The Morgan fingerprint density at radius 1 is 1.15 bits per heavy atom. The van der Waals surface area contributed by atoms with E-state index >= 15 is 0 Å². The summed E-state index contributed by atoms with van der Waals surface area (Å²) in [6.45, 7) is 0. The first-order valence-electron chi connectivity index (χ1n) is 5.99. The van der Waals surface area contributed by atoms with Gasteiger partial charge in [0, 0.05) is 15.1 Å². The summed E-state index contributed by atoms with van der Waals surface area (Å²) in [5.41, 5.74) is 0.670. The van der Waals surface area contributed by atoms with Crippen LogP contribution in [0.3, 0.4) is 0 Å². The molecular formula is C15H13BrO3S. The summed E-state index contributed by atoms with van der Waals surface area (Å²) >= 11 is 3.32. The van der Waals surface area contributed by atoms with Crippen LogP contribution in [0.2, 0.25) is 0 Å². The highest BCUT2D eigenvalue weighted by atomic mass is 79.9. The van der Waals surface area contributed by atoms with Crippen molar-refractivity contribution in [1.82, 2.24) is 0 Å². The first-order valence-corrected chi connectivity index (χ1v) is 8.11. The molecule has 20 heavy (non-hydrogen) atoms. The highest BCUT2D eigenvalue weighted by Gasteiger charge is 2.23. The van der Waals surface area contributed by atoms with E-state index in [1.165, 1.54) is 0 Å². The summed E-state index contributed by atoms with van der Waals surface area (Å²) < 4.78 is 13.1. The Labute approximate surface area is 128 Å². The third-order valence-corrected chi connectivity index (χ3v) is 4.79. The number of rotatable bonds is 5. The van der Waals surface area contributed by atoms with Crippen LogP contribution in [0.15, 0.2) is 64.0 Å². The minimum absolute atomic E-state index is 0.0653. The maximum absolute atomic E-state index is 12.3. The number of halogens is 1. The van der Waals surface area contributed by atoms with Gasteiger partial charge in [0.2, 0.25) is 0 Å². The first-order chi connectivity index (χ1) is 9.58. The van der Waals surface area contributed by atoms with Gasteiger partial charge in [0.1, 0.15) is 0 Å². The Hall–Kier alpha value is -1.46. The summed E-state index contributed by atoms with van der Waals surface area (Å²) in [5.74, 6) is -1.66. The van der Waals surface area contributed by atoms with Crippen LogP contribution in [0.5, 0.6) is 0 Å². The largest absolute Gasteiger partial charge is 0.481 e. The standard InChI is InChI=1S/C15H13BrO3S/c16-12-7-4-8-13(9-12)20(19)10-14(15(17)18)11-5-2-1-3-6-11/h1-9,14H,10H2,(H,17,18). The van der Waals surface area contributed by atoms with Gasteiger partial charge in [-0.05, 0) is 23.8 Å². The Morgan fingerprint density at radius 3 is 2.45 bits per heavy atom. The van der Waals surface area contributed by atoms with Crippen LogP contribution in [-0.4, -0.2) is 21.0 Å². The monoisotopic (exact) mass is 352 g/mol. The Balaban J connectivity index is 2.21. The molecule has 0 aliphatic rings. The lowest BCUT2D eigenvalue weighted by atomic mass is 10.0. The van der Waals surface area contributed by atoms with Crippen LogP contribution in [0.25, 0.3) is 0 Å². The molecule has 0 heterocycles. The van der Waals surface area contributed by atoms with Gasteiger partial charge in [-0.1, -0.05) is 52.3 Å². The minimum Gasteiger partial charge on any atom is -0.481 e. The minimum atomic E-state index is -1.36. The zero-order valence-electron chi connectivity index (χ0n) is 10.5. The van der Waals surface area contributed by atoms with Crippen molar-refractivity contribution in [1.29, 1.82) is 0 Å². The molecule has 0 saturated heterocycles. The second kappa shape index (κ2) is 6.81. The van der Waals surface area contributed by atoms with E-state index in [4.69, 9.17) is 0 Å². The molecule has 2 rings (SSSR count). The molecule has 0 spiro atoms. The molecule has 0 amide bonds. The van der Waals surface area contributed by atoms with Gasteiger partial charge in [-0.25, -0.2) is 0 Å². The molecule has 2 aromatic carbocycles. The SMILES string of the molecule is O=C(O)C(CS(=O)c1cccc(Br)c1)c1ccccc1. The summed E-state index contributed by atoms with van der Waals surface area (Å²) in [4.78, 5) is 12.0. The number of benzene rings is 2. The molecule has 0 saturated carbocycles. The second-order valence-electron chi connectivity index (χ2n) is 4.27. The number of carbonyl (C=O) groups is 1. The highest BCUT2D eigenvalue weighted by molar-refractivity contribution is 9.10. The van der Waals surface area contributed by atoms with Gasteiger partial charge < -0.3 is 5.11 Å². The predicted octanol–water partition coefficient (Wildman–Crippen LogP) is 3.43. The van der Waals surface area contributed by atoms with Crippen molar-refractivity contribution in [3.8, 4) is 0 Å². The molecule has 0 aromatic heterocycles.